The summed E-state index contributed by atoms with van der Waals surface area (Å²) in [5.41, 5.74) is 2.15. The smallest absolute Gasteiger partial charge is 0.119 e. The molecular weight excluding hydrogens is 246 g/mol. The van der Waals surface area contributed by atoms with E-state index in [1.807, 2.05) is 24.3 Å². The van der Waals surface area contributed by atoms with E-state index in [4.69, 9.17) is 5.11 Å². The molecule has 0 atom stereocenters. The molecule has 0 aliphatic heterocycles. The van der Waals surface area contributed by atoms with Gasteiger partial charge in [0.25, 0.3) is 0 Å². The molecule has 2 N–H and O–H groups in total. The number of aliphatic hydroxyl groups excluding tert-OH is 1. The van der Waals surface area contributed by atoms with Gasteiger partial charge in [0.05, 0.1) is 6.61 Å². The Morgan fingerprint density at radius 1 is 1.29 bits per heavy atom. The monoisotopic (exact) mass is 253 g/mol. The molecule has 0 unspecified atom stereocenters. The van der Waals surface area contributed by atoms with E-state index in [2.05, 4.69) is 31.3 Å². The van der Waals surface area contributed by atoms with Gasteiger partial charge in [-0.25, -0.2) is 0 Å². The highest BCUT2D eigenvalue weighted by atomic mass is 79.9. The van der Waals surface area contributed by atoms with Gasteiger partial charge >= 0.3 is 0 Å². The van der Waals surface area contributed by atoms with Crippen LogP contribution in [0.2, 0.25) is 0 Å². The van der Waals surface area contributed by atoms with Crippen LogP contribution in [-0.2, 0) is 6.61 Å². The molecule has 0 aliphatic rings. The summed E-state index contributed by atoms with van der Waals surface area (Å²) in [4.78, 5) is 0. The minimum atomic E-state index is -0.118. The van der Waals surface area contributed by atoms with Gasteiger partial charge < -0.3 is 5.11 Å². The largest absolute Gasteiger partial charge is 0.390 e. The summed E-state index contributed by atoms with van der Waals surface area (Å²) in [6.45, 7) is -0.118. The maximum atomic E-state index is 9.02. The van der Waals surface area contributed by atoms with Crippen molar-refractivity contribution in [2.75, 3.05) is 0 Å². The third-order valence-corrected chi connectivity index (χ3v) is 2.59. The molecule has 0 saturated carbocycles. The lowest BCUT2D eigenvalue weighted by Gasteiger charge is -2.00. The van der Waals surface area contributed by atoms with Crippen LogP contribution in [0.1, 0.15) is 5.69 Å². The predicted molar refractivity (Wildman–Crippen MR) is 55.4 cm³/mol. The van der Waals surface area contributed by atoms with Crippen molar-refractivity contribution in [2.45, 2.75) is 6.61 Å². The Kier molecular flexibility index (Phi) is 2.60. The highest BCUT2D eigenvalue weighted by Crippen LogP contribution is 2.27. The number of rotatable bonds is 2. The lowest BCUT2D eigenvalue weighted by molar-refractivity contribution is 0.277. The number of hydrogen-bond donors (Lipinski definition) is 2. The normalized spacial score (nSPS) is 10.4. The third-order valence-electron chi connectivity index (χ3n) is 1.90. The summed E-state index contributed by atoms with van der Waals surface area (Å²) < 4.78 is 0.934. The van der Waals surface area contributed by atoms with Gasteiger partial charge in [-0.05, 0) is 6.07 Å². The van der Waals surface area contributed by atoms with Gasteiger partial charge in [-0.1, -0.05) is 34.1 Å². The average Bonchev–Trinajstić information content (AvgIpc) is 2.66. The molecule has 1 aromatic carbocycles. The van der Waals surface area contributed by atoms with Crippen LogP contribution in [-0.4, -0.2) is 20.5 Å². The minimum Gasteiger partial charge on any atom is -0.390 e. The van der Waals surface area contributed by atoms with E-state index >= 15 is 0 Å². The Labute approximate surface area is 89.1 Å². The van der Waals surface area contributed by atoms with Gasteiger partial charge in [0, 0.05) is 10.0 Å². The molecule has 2 rings (SSSR count). The molecule has 0 fully saturated rings. The van der Waals surface area contributed by atoms with Gasteiger partial charge in [-0.3, -0.25) is 0 Å². The number of aliphatic hydroxyl groups is 1. The molecule has 0 aliphatic carbocycles. The number of H-pyrrole nitrogens is 1. The molecule has 0 bridgehead atoms. The Hall–Kier alpha value is -1.20. The molecule has 0 saturated heterocycles. The number of benzene rings is 1. The summed E-state index contributed by atoms with van der Waals surface area (Å²) in [5, 5.41) is 19.4. The summed E-state index contributed by atoms with van der Waals surface area (Å²) >= 11 is 3.42. The molecule has 14 heavy (non-hydrogen) atoms. The van der Waals surface area contributed by atoms with Crippen LogP contribution >= 0.6 is 15.9 Å². The van der Waals surface area contributed by atoms with Crippen LogP contribution < -0.4 is 0 Å². The van der Waals surface area contributed by atoms with Crippen LogP contribution in [0.25, 0.3) is 11.3 Å². The van der Waals surface area contributed by atoms with Crippen molar-refractivity contribution in [1.82, 2.24) is 15.4 Å². The van der Waals surface area contributed by atoms with E-state index in [1.54, 1.807) is 0 Å². The molecule has 2 aromatic rings. The highest BCUT2D eigenvalue weighted by Gasteiger charge is 2.11. The van der Waals surface area contributed by atoms with E-state index in [0.29, 0.717) is 11.4 Å². The van der Waals surface area contributed by atoms with E-state index < -0.39 is 0 Å². The fraction of sp³-hybridized carbons (Fsp3) is 0.111. The van der Waals surface area contributed by atoms with Crippen molar-refractivity contribution in [1.29, 1.82) is 0 Å². The summed E-state index contributed by atoms with van der Waals surface area (Å²) in [5.74, 6) is 0. The minimum absolute atomic E-state index is 0.118. The first-order valence-corrected chi connectivity index (χ1v) is 4.87. The van der Waals surface area contributed by atoms with E-state index in [1.165, 1.54) is 0 Å². The van der Waals surface area contributed by atoms with Crippen LogP contribution in [0.4, 0.5) is 0 Å². The molecule has 72 valence electrons. The van der Waals surface area contributed by atoms with Gasteiger partial charge in [-0.2, -0.15) is 15.4 Å². The SMILES string of the molecule is OCc1n[nH]nc1-c1ccccc1Br. The zero-order valence-electron chi connectivity index (χ0n) is 7.24. The van der Waals surface area contributed by atoms with Gasteiger partial charge in [0.15, 0.2) is 0 Å². The number of aromatic amines is 1. The van der Waals surface area contributed by atoms with Crippen molar-refractivity contribution in [3.8, 4) is 11.3 Å². The molecule has 0 amide bonds. The summed E-state index contributed by atoms with van der Waals surface area (Å²) in [6, 6.07) is 7.68. The Balaban J connectivity index is 2.54. The topological polar surface area (TPSA) is 61.8 Å². The number of hydrogen-bond acceptors (Lipinski definition) is 3. The average molecular weight is 254 g/mol. The molecule has 0 radical (unpaired) electrons. The molecule has 4 nitrogen and oxygen atoms in total. The maximum absolute atomic E-state index is 9.02. The second-order valence-corrected chi connectivity index (χ2v) is 3.61. The lowest BCUT2D eigenvalue weighted by atomic mass is 10.1. The first kappa shape index (κ1) is 9.36. The fourth-order valence-corrected chi connectivity index (χ4v) is 1.70. The number of nitrogens with zero attached hydrogens (tertiary/aromatic N) is 2. The Morgan fingerprint density at radius 2 is 2.07 bits per heavy atom. The predicted octanol–water partition coefficient (Wildman–Crippen LogP) is 1.73. The Bertz CT molecular complexity index is 441. The highest BCUT2D eigenvalue weighted by molar-refractivity contribution is 9.10. The van der Waals surface area contributed by atoms with Crippen molar-refractivity contribution >= 4 is 15.9 Å². The van der Waals surface area contributed by atoms with Crippen LogP contribution in [0.3, 0.4) is 0 Å². The first-order valence-electron chi connectivity index (χ1n) is 4.08. The summed E-state index contributed by atoms with van der Waals surface area (Å²) in [6.07, 6.45) is 0. The molecular formula is C9H8BrN3O. The second kappa shape index (κ2) is 3.89. The van der Waals surface area contributed by atoms with Crippen LogP contribution in [0.5, 0.6) is 0 Å². The van der Waals surface area contributed by atoms with Gasteiger partial charge in [0.2, 0.25) is 0 Å². The molecule has 0 spiro atoms. The van der Waals surface area contributed by atoms with Crippen molar-refractivity contribution < 1.29 is 5.11 Å². The van der Waals surface area contributed by atoms with Crippen molar-refractivity contribution in [3.63, 3.8) is 0 Å². The number of halogens is 1. The number of nitrogens with one attached hydrogen (secondary N) is 1. The zero-order valence-corrected chi connectivity index (χ0v) is 8.82. The van der Waals surface area contributed by atoms with E-state index in [-0.39, 0.29) is 6.61 Å². The first-order chi connectivity index (χ1) is 6.83. The van der Waals surface area contributed by atoms with E-state index in [0.717, 1.165) is 10.0 Å². The zero-order chi connectivity index (χ0) is 9.97. The quantitative estimate of drug-likeness (QED) is 0.857. The fourth-order valence-electron chi connectivity index (χ4n) is 1.23. The van der Waals surface area contributed by atoms with Crippen molar-refractivity contribution in [3.05, 3.63) is 34.4 Å². The number of aromatic nitrogens is 3. The molecule has 5 heteroatoms. The van der Waals surface area contributed by atoms with Crippen molar-refractivity contribution in [2.24, 2.45) is 0 Å². The summed E-state index contributed by atoms with van der Waals surface area (Å²) in [7, 11) is 0. The Morgan fingerprint density at radius 3 is 2.79 bits per heavy atom. The van der Waals surface area contributed by atoms with E-state index in [9.17, 15) is 0 Å². The molecule has 1 heterocycles. The van der Waals surface area contributed by atoms with Gasteiger partial charge in [0.1, 0.15) is 11.4 Å². The lowest BCUT2D eigenvalue weighted by Crippen LogP contribution is -1.88. The molecule has 1 aromatic heterocycles. The standard InChI is InChI=1S/C9H8BrN3O/c10-7-4-2-1-3-6(7)9-8(5-14)11-13-12-9/h1-4,14H,5H2,(H,11,12,13). The second-order valence-electron chi connectivity index (χ2n) is 2.76. The van der Waals surface area contributed by atoms with Crippen LogP contribution in [0, 0.1) is 0 Å². The maximum Gasteiger partial charge on any atom is 0.119 e. The van der Waals surface area contributed by atoms with Gasteiger partial charge in [-0.15, -0.1) is 0 Å². The van der Waals surface area contributed by atoms with Crippen LogP contribution in [0.15, 0.2) is 28.7 Å². The third kappa shape index (κ3) is 1.56.